The summed E-state index contributed by atoms with van der Waals surface area (Å²) in [5, 5.41) is 9.36. The Labute approximate surface area is 115 Å². The Morgan fingerprint density at radius 3 is 2.63 bits per heavy atom. The second kappa shape index (κ2) is 8.67. The van der Waals surface area contributed by atoms with Gasteiger partial charge in [0, 0.05) is 13.1 Å². The molecule has 0 aliphatic carbocycles. The van der Waals surface area contributed by atoms with Gasteiger partial charge in [0.25, 0.3) is 0 Å². The molecule has 0 aliphatic rings. The summed E-state index contributed by atoms with van der Waals surface area (Å²) < 4.78 is 4.97. The molecule has 1 aromatic carbocycles. The lowest BCUT2D eigenvalue weighted by Crippen LogP contribution is -2.32. The zero-order chi connectivity index (χ0) is 14.1. The van der Waals surface area contributed by atoms with E-state index < -0.39 is 0 Å². The number of hydrogen-bond donors (Lipinski definition) is 1. The van der Waals surface area contributed by atoms with Crippen LogP contribution >= 0.6 is 0 Å². The monoisotopic (exact) mass is 265 g/mol. The van der Waals surface area contributed by atoms with Crippen LogP contribution in [0.15, 0.2) is 30.3 Å². The fraction of sp³-hybridized carbons (Fsp3) is 0.533. The van der Waals surface area contributed by atoms with Crippen LogP contribution in [0.3, 0.4) is 0 Å². The first-order chi connectivity index (χ1) is 9.11. The largest absolute Gasteiger partial charge is 0.465 e. The molecule has 1 N–H and O–H groups in total. The third-order valence-electron chi connectivity index (χ3n) is 2.77. The van der Waals surface area contributed by atoms with Gasteiger partial charge >= 0.3 is 5.97 Å². The summed E-state index contributed by atoms with van der Waals surface area (Å²) in [7, 11) is 0. The first kappa shape index (κ1) is 15.7. The summed E-state index contributed by atoms with van der Waals surface area (Å²) in [6.07, 6.45) is 0.284. The molecule has 106 valence electrons. The second-order valence-corrected chi connectivity index (χ2v) is 4.64. The van der Waals surface area contributed by atoms with Crippen LogP contribution in [-0.2, 0) is 16.1 Å². The predicted octanol–water partition coefficient (Wildman–Crippen LogP) is 1.82. The maximum absolute atomic E-state index is 11.6. The quantitative estimate of drug-likeness (QED) is 0.728. The highest BCUT2D eigenvalue weighted by Gasteiger charge is 2.12. The summed E-state index contributed by atoms with van der Waals surface area (Å²) in [4.78, 5) is 13.6. The molecule has 0 amide bonds. The lowest BCUT2D eigenvalue weighted by Gasteiger charge is -2.22. The Bertz CT molecular complexity index is 365. The molecule has 0 heterocycles. The minimum absolute atomic E-state index is 0.218. The number of nitrogens with zero attached hydrogens (tertiary/aromatic N) is 1. The summed E-state index contributed by atoms with van der Waals surface area (Å²) in [6.45, 7) is 5.57. The van der Waals surface area contributed by atoms with Gasteiger partial charge in [0.1, 0.15) is 0 Å². The van der Waals surface area contributed by atoms with E-state index in [1.807, 2.05) is 35.2 Å². The summed E-state index contributed by atoms with van der Waals surface area (Å²) in [5.41, 5.74) is 1.15. The average Bonchev–Trinajstić information content (AvgIpc) is 2.37. The normalized spacial score (nSPS) is 12.4. The number of esters is 1. The molecule has 0 saturated carbocycles. The molecule has 0 aromatic heterocycles. The summed E-state index contributed by atoms with van der Waals surface area (Å²) in [6, 6.07) is 9.98. The van der Waals surface area contributed by atoms with Gasteiger partial charge in [-0.05, 0) is 25.8 Å². The molecular formula is C15H23NO3. The van der Waals surface area contributed by atoms with Crippen molar-refractivity contribution < 1.29 is 14.6 Å². The van der Waals surface area contributed by atoms with Crippen LogP contribution in [0.2, 0.25) is 0 Å². The van der Waals surface area contributed by atoms with Crippen molar-refractivity contribution in [3.63, 3.8) is 0 Å². The van der Waals surface area contributed by atoms with Crippen molar-refractivity contribution in [2.24, 2.45) is 0 Å². The van der Waals surface area contributed by atoms with E-state index in [1.54, 1.807) is 13.8 Å². The van der Waals surface area contributed by atoms with Crippen molar-refractivity contribution in [3.05, 3.63) is 35.9 Å². The Hall–Kier alpha value is -1.39. The van der Waals surface area contributed by atoms with Gasteiger partial charge in [-0.2, -0.15) is 0 Å². The van der Waals surface area contributed by atoms with Gasteiger partial charge in [0.2, 0.25) is 0 Å². The molecule has 1 atom stereocenters. The smallest absolute Gasteiger partial charge is 0.320 e. The molecule has 0 saturated heterocycles. The van der Waals surface area contributed by atoms with Crippen molar-refractivity contribution in [2.45, 2.75) is 32.9 Å². The van der Waals surface area contributed by atoms with Crippen molar-refractivity contribution in [1.82, 2.24) is 4.90 Å². The molecule has 0 fully saturated rings. The number of carbonyl (C=O) groups is 1. The molecule has 4 heteroatoms. The Balaban J connectivity index is 2.55. The number of benzene rings is 1. The molecular weight excluding hydrogens is 242 g/mol. The highest BCUT2D eigenvalue weighted by atomic mass is 16.5. The predicted molar refractivity (Wildman–Crippen MR) is 74.6 cm³/mol. The number of carbonyl (C=O) groups excluding carboxylic acids is 1. The van der Waals surface area contributed by atoms with Gasteiger partial charge in [-0.25, -0.2) is 0 Å². The molecule has 0 spiro atoms. The maximum atomic E-state index is 11.6. The first-order valence-electron chi connectivity index (χ1n) is 6.71. The van der Waals surface area contributed by atoms with Gasteiger partial charge in [0.15, 0.2) is 0 Å². The number of rotatable bonds is 8. The van der Waals surface area contributed by atoms with Crippen molar-refractivity contribution >= 4 is 5.97 Å². The van der Waals surface area contributed by atoms with E-state index in [0.717, 1.165) is 5.56 Å². The first-order valence-corrected chi connectivity index (χ1v) is 6.71. The van der Waals surface area contributed by atoms with Gasteiger partial charge in [-0.15, -0.1) is 0 Å². The van der Waals surface area contributed by atoms with E-state index in [1.165, 1.54) is 0 Å². The number of aliphatic hydroxyl groups is 1. The highest BCUT2D eigenvalue weighted by molar-refractivity contribution is 5.71. The molecule has 0 aliphatic heterocycles. The minimum Gasteiger partial charge on any atom is -0.465 e. The molecule has 0 radical (unpaired) electrons. The van der Waals surface area contributed by atoms with Gasteiger partial charge in [-0.1, -0.05) is 30.3 Å². The molecule has 0 bridgehead atoms. The van der Waals surface area contributed by atoms with Gasteiger partial charge < -0.3 is 9.84 Å². The zero-order valence-electron chi connectivity index (χ0n) is 11.7. The van der Waals surface area contributed by atoms with Crippen LogP contribution in [0, 0.1) is 0 Å². The molecule has 1 aromatic rings. The lowest BCUT2D eigenvalue weighted by atomic mass is 10.2. The fourth-order valence-electron chi connectivity index (χ4n) is 1.81. The summed E-state index contributed by atoms with van der Waals surface area (Å²) >= 11 is 0. The summed E-state index contributed by atoms with van der Waals surface area (Å²) in [5.74, 6) is -0.218. The second-order valence-electron chi connectivity index (χ2n) is 4.64. The van der Waals surface area contributed by atoms with Crippen LogP contribution in [0.25, 0.3) is 0 Å². The van der Waals surface area contributed by atoms with Crippen LogP contribution < -0.4 is 0 Å². The molecule has 4 nitrogen and oxygen atoms in total. The third kappa shape index (κ3) is 6.94. The van der Waals surface area contributed by atoms with Gasteiger partial charge in [0.05, 0.1) is 19.3 Å². The highest BCUT2D eigenvalue weighted by Crippen LogP contribution is 2.06. The van der Waals surface area contributed by atoms with Crippen molar-refractivity contribution in [2.75, 3.05) is 19.7 Å². The van der Waals surface area contributed by atoms with E-state index in [9.17, 15) is 9.90 Å². The fourth-order valence-corrected chi connectivity index (χ4v) is 1.81. The molecule has 19 heavy (non-hydrogen) atoms. The maximum Gasteiger partial charge on any atom is 0.320 e. The zero-order valence-corrected chi connectivity index (χ0v) is 11.7. The Morgan fingerprint density at radius 2 is 2.05 bits per heavy atom. The standard InChI is InChI=1S/C15H23NO3/c1-3-19-15(18)12-16(10-9-13(2)17)11-14-7-5-4-6-8-14/h4-8,13,17H,3,9-12H2,1-2H3. The van der Waals surface area contributed by atoms with Crippen LogP contribution in [0.5, 0.6) is 0 Å². The topological polar surface area (TPSA) is 49.8 Å². The average molecular weight is 265 g/mol. The van der Waals surface area contributed by atoms with Crippen LogP contribution in [-0.4, -0.2) is 41.8 Å². The van der Waals surface area contributed by atoms with Crippen molar-refractivity contribution in [3.8, 4) is 0 Å². The molecule has 1 unspecified atom stereocenters. The minimum atomic E-state index is -0.361. The number of ether oxygens (including phenoxy) is 1. The van der Waals surface area contributed by atoms with E-state index in [4.69, 9.17) is 4.74 Å². The van der Waals surface area contributed by atoms with Crippen LogP contribution in [0.1, 0.15) is 25.8 Å². The van der Waals surface area contributed by atoms with E-state index in [2.05, 4.69) is 0 Å². The van der Waals surface area contributed by atoms with Gasteiger partial charge in [-0.3, -0.25) is 9.69 Å². The number of aliphatic hydroxyl groups excluding tert-OH is 1. The van der Waals surface area contributed by atoms with E-state index in [-0.39, 0.29) is 18.6 Å². The third-order valence-corrected chi connectivity index (χ3v) is 2.77. The number of hydrogen-bond acceptors (Lipinski definition) is 4. The Kier molecular flexibility index (Phi) is 7.15. The van der Waals surface area contributed by atoms with Crippen molar-refractivity contribution in [1.29, 1.82) is 0 Å². The Morgan fingerprint density at radius 1 is 1.37 bits per heavy atom. The molecule has 1 rings (SSSR count). The lowest BCUT2D eigenvalue weighted by molar-refractivity contribution is -0.144. The van der Waals surface area contributed by atoms with Crippen LogP contribution in [0.4, 0.5) is 0 Å². The van der Waals surface area contributed by atoms with E-state index in [0.29, 0.717) is 26.1 Å². The van der Waals surface area contributed by atoms with E-state index >= 15 is 0 Å². The SMILES string of the molecule is CCOC(=O)CN(CCC(C)O)Cc1ccccc1.